The fourth-order valence-electron chi connectivity index (χ4n) is 1.04. The van der Waals surface area contributed by atoms with Gasteiger partial charge in [0, 0.05) is 5.38 Å². The van der Waals surface area contributed by atoms with Gasteiger partial charge >= 0.3 is 0 Å². The molecule has 72 valence electrons. The van der Waals surface area contributed by atoms with Gasteiger partial charge in [-0.3, -0.25) is 4.79 Å². The van der Waals surface area contributed by atoms with Crippen LogP contribution in [0.15, 0.2) is 16.8 Å². The lowest BCUT2D eigenvalue weighted by Gasteiger charge is -1.92. The number of ketones is 1. The predicted octanol–water partition coefficient (Wildman–Crippen LogP) is 3.40. The van der Waals surface area contributed by atoms with E-state index in [-0.39, 0.29) is 5.78 Å². The summed E-state index contributed by atoms with van der Waals surface area (Å²) in [6.45, 7) is 1.87. The summed E-state index contributed by atoms with van der Waals surface area (Å²) in [5.74, 6) is -0.0886. The van der Waals surface area contributed by atoms with Crippen LogP contribution in [0.3, 0.4) is 0 Å². The van der Waals surface area contributed by atoms with Crippen molar-refractivity contribution in [2.45, 2.75) is 6.92 Å². The van der Waals surface area contributed by atoms with Gasteiger partial charge in [0.2, 0.25) is 5.78 Å². The third kappa shape index (κ3) is 1.73. The number of thiazole rings is 1. The molecule has 2 nitrogen and oxygen atoms in total. The minimum Gasteiger partial charge on any atom is -0.286 e. The number of thiophene rings is 1. The van der Waals surface area contributed by atoms with Crippen LogP contribution in [0.25, 0.3) is 0 Å². The van der Waals surface area contributed by atoms with Crippen molar-refractivity contribution in [3.63, 3.8) is 0 Å². The monoisotopic (exact) mass is 243 g/mol. The Morgan fingerprint density at radius 2 is 2.29 bits per heavy atom. The van der Waals surface area contributed by atoms with Crippen molar-refractivity contribution in [1.82, 2.24) is 4.98 Å². The normalized spacial score (nSPS) is 10.4. The van der Waals surface area contributed by atoms with E-state index in [1.54, 1.807) is 16.8 Å². The molecule has 2 rings (SSSR count). The zero-order chi connectivity index (χ0) is 10.1. The fraction of sp³-hybridized carbons (Fsp3) is 0.111. The molecule has 5 heteroatoms. The van der Waals surface area contributed by atoms with Gasteiger partial charge in [-0.1, -0.05) is 11.6 Å². The first-order chi connectivity index (χ1) is 6.68. The summed E-state index contributed by atoms with van der Waals surface area (Å²) in [6, 6.07) is 1.72. The van der Waals surface area contributed by atoms with Gasteiger partial charge in [0.25, 0.3) is 0 Å². The summed E-state index contributed by atoms with van der Waals surface area (Å²) in [5, 5.41) is 4.95. The van der Waals surface area contributed by atoms with Crippen LogP contribution in [0.1, 0.15) is 20.4 Å². The van der Waals surface area contributed by atoms with E-state index < -0.39 is 0 Å². The first kappa shape index (κ1) is 9.83. The van der Waals surface area contributed by atoms with Gasteiger partial charge in [-0.15, -0.1) is 22.7 Å². The van der Waals surface area contributed by atoms with E-state index in [2.05, 4.69) is 4.98 Å². The molecular formula is C9H6ClNOS2. The number of aromatic nitrogens is 1. The van der Waals surface area contributed by atoms with E-state index in [0.717, 1.165) is 5.01 Å². The molecule has 0 saturated carbocycles. The maximum Gasteiger partial charge on any atom is 0.223 e. The minimum absolute atomic E-state index is 0.0886. The lowest BCUT2D eigenvalue weighted by Crippen LogP contribution is -1.99. The predicted molar refractivity (Wildman–Crippen MR) is 59.6 cm³/mol. The summed E-state index contributed by atoms with van der Waals surface area (Å²) in [6.07, 6.45) is 0. The molecular weight excluding hydrogens is 238 g/mol. The van der Waals surface area contributed by atoms with Crippen LogP contribution < -0.4 is 0 Å². The highest BCUT2D eigenvalue weighted by atomic mass is 35.5. The number of hydrogen-bond acceptors (Lipinski definition) is 4. The average molecular weight is 244 g/mol. The third-order valence-corrected chi connectivity index (χ3v) is 3.79. The molecule has 0 unspecified atom stereocenters. The van der Waals surface area contributed by atoms with Crippen LogP contribution in [0.2, 0.25) is 5.02 Å². The Morgan fingerprint density at radius 1 is 1.50 bits per heavy atom. The second-order valence-corrected chi connectivity index (χ2v) is 5.06. The summed E-state index contributed by atoms with van der Waals surface area (Å²) < 4.78 is 0. The van der Waals surface area contributed by atoms with Gasteiger partial charge < -0.3 is 0 Å². The molecule has 0 saturated heterocycles. The third-order valence-electron chi connectivity index (χ3n) is 1.68. The minimum atomic E-state index is -0.0886. The molecule has 0 fully saturated rings. The smallest absolute Gasteiger partial charge is 0.223 e. The molecule has 0 aliphatic heterocycles. The summed E-state index contributed by atoms with van der Waals surface area (Å²) in [4.78, 5) is 16.5. The topological polar surface area (TPSA) is 30.0 Å². The van der Waals surface area contributed by atoms with Crippen molar-refractivity contribution in [1.29, 1.82) is 0 Å². The first-order valence-electron chi connectivity index (χ1n) is 3.88. The highest BCUT2D eigenvalue weighted by Gasteiger charge is 2.16. The molecule has 14 heavy (non-hydrogen) atoms. The quantitative estimate of drug-likeness (QED) is 0.757. The molecule has 0 bridgehead atoms. The average Bonchev–Trinajstić information content (AvgIpc) is 2.73. The fourth-order valence-corrected chi connectivity index (χ4v) is 2.72. The van der Waals surface area contributed by atoms with Crippen LogP contribution in [0.4, 0.5) is 0 Å². The van der Waals surface area contributed by atoms with Crippen LogP contribution in [0, 0.1) is 6.92 Å². The van der Waals surface area contributed by atoms with Crippen LogP contribution >= 0.6 is 34.3 Å². The summed E-state index contributed by atoms with van der Waals surface area (Å²) >= 11 is 8.67. The largest absolute Gasteiger partial charge is 0.286 e. The van der Waals surface area contributed by atoms with Gasteiger partial charge in [-0.05, 0) is 18.4 Å². The molecule has 0 atom stereocenters. The Hall–Kier alpha value is -0.710. The van der Waals surface area contributed by atoms with Crippen LogP contribution in [0.5, 0.6) is 0 Å². The Bertz CT molecular complexity index is 475. The highest BCUT2D eigenvalue weighted by molar-refractivity contribution is 7.13. The van der Waals surface area contributed by atoms with Gasteiger partial charge in [-0.25, -0.2) is 4.98 Å². The lowest BCUT2D eigenvalue weighted by molar-refractivity contribution is 0.103. The van der Waals surface area contributed by atoms with E-state index in [1.807, 2.05) is 6.92 Å². The van der Waals surface area contributed by atoms with Crippen molar-refractivity contribution in [2.75, 3.05) is 0 Å². The number of nitrogens with zero attached hydrogens (tertiary/aromatic N) is 1. The van der Waals surface area contributed by atoms with Gasteiger partial charge in [0.15, 0.2) is 0 Å². The highest BCUT2D eigenvalue weighted by Crippen LogP contribution is 2.25. The molecule has 0 radical (unpaired) electrons. The molecule has 2 heterocycles. The van der Waals surface area contributed by atoms with Crippen molar-refractivity contribution in [2.24, 2.45) is 0 Å². The van der Waals surface area contributed by atoms with Gasteiger partial charge in [0.1, 0.15) is 5.69 Å². The van der Waals surface area contributed by atoms with Crippen molar-refractivity contribution in [3.8, 4) is 0 Å². The summed E-state index contributed by atoms with van der Waals surface area (Å²) in [5.41, 5.74) is 0.483. The number of aryl methyl sites for hydroxylation is 1. The van der Waals surface area contributed by atoms with Crippen LogP contribution in [-0.4, -0.2) is 10.8 Å². The Kier molecular flexibility index (Phi) is 2.67. The van der Waals surface area contributed by atoms with Crippen molar-refractivity contribution in [3.05, 3.63) is 37.4 Å². The van der Waals surface area contributed by atoms with Crippen LogP contribution in [-0.2, 0) is 0 Å². The van der Waals surface area contributed by atoms with Crippen molar-refractivity contribution < 1.29 is 4.79 Å². The van der Waals surface area contributed by atoms with E-state index >= 15 is 0 Å². The molecule has 0 aliphatic carbocycles. The zero-order valence-corrected chi connectivity index (χ0v) is 9.67. The zero-order valence-electron chi connectivity index (χ0n) is 7.28. The standard InChI is InChI=1S/C9H6ClNOS2/c1-5-11-7(4-14-5)8(12)9-6(10)2-3-13-9/h2-4H,1H3. The second-order valence-electron chi connectivity index (χ2n) is 2.68. The molecule has 0 N–H and O–H groups in total. The number of hydrogen-bond donors (Lipinski definition) is 0. The maximum absolute atomic E-state index is 11.8. The number of halogens is 1. The molecule has 0 aliphatic rings. The molecule has 0 amide bonds. The second kappa shape index (κ2) is 3.81. The van der Waals surface area contributed by atoms with E-state index in [9.17, 15) is 4.79 Å². The number of carbonyl (C=O) groups excluding carboxylic acids is 1. The number of rotatable bonds is 2. The van der Waals surface area contributed by atoms with Crippen molar-refractivity contribution >= 4 is 40.1 Å². The Labute approximate surface area is 94.2 Å². The SMILES string of the molecule is Cc1nc(C(=O)c2sccc2Cl)cs1. The Morgan fingerprint density at radius 3 is 2.79 bits per heavy atom. The number of carbonyl (C=O) groups is 1. The molecule has 0 aromatic carbocycles. The van der Waals surface area contributed by atoms with E-state index in [0.29, 0.717) is 15.6 Å². The molecule has 0 spiro atoms. The molecule has 2 aromatic heterocycles. The van der Waals surface area contributed by atoms with E-state index in [1.165, 1.54) is 22.7 Å². The summed E-state index contributed by atoms with van der Waals surface area (Å²) in [7, 11) is 0. The van der Waals surface area contributed by atoms with Gasteiger partial charge in [0.05, 0.1) is 14.9 Å². The molecule has 2 aromatic rings. The first-order valence-corrected chi connectivity index (χ1v) is 6.02. The van der Waals surface area contributed by atoms with E-state index in [4.69, 9.17) is 11.6 Å². The van der Waals surface area contributed by atoms with Gasteiger partial charge in [-0.2, -0.15) is 0 Å². The Balaban J connectivity index is 2.38. The maximum atomic E-state index is 11.8. The lowest BCUT2D eigenvalue weighted by atomic mass is 10.2.